The summed E-state index contributed by atoms with van der Waals surface area (Å²) in [6, 6.07) is 0. The smallest absolute Gasteiger partial charge is 0.311 e. The second-order valence-corrected chi connectivity index (χ2v) is 4.23. The molecular weight excluding hydrogens is 218 g/mol. The highest BCUT2D eigenvalue weighted by Gasteiger charge is 2.34. The van der Waals surface area contributed by atoms with E-state index in [9.17, 15) is 9.90 Å². The fourth-order valence-electron chi connectivity index (χ4n) is 1.61. The number of aromatic nitrogens is 2. The maximum atomic E-state index is 11.3. The molecule has 0 saturated carbocycles. The summed E-state index contributed by atoms with van der Waals surface area (Å²) < 4.78 is 0. The summed E-state index contributed by atoms with van der Waals surface area (Å²) >= 11 is 0. The molecule has 0 bridgehead atoms. The second kappa shape index (κ2) is 5.61. The quantitative estimate of drug-likeness (QED) is 0.792. The van der Waals surface area contributed by atoms with Crippen LogP contribution in [0.15, 0.2) is 12.4 Å². The number of aryl methyl sites for hydroxylation is 1. The first kappa shape index (κ1) is 13.4. The van der Waals surface area contributed by atoms with Crippen LogP contribution in [0.5, 0.6) is 0 Å². The maximum Gasteiger partial charge on any atom is 0.311 e. The van der Waals surface area contributed by atoms with Gasteiger partial charge in [-0.2, -0.15) is 0 Å². The van der Waals surface area contributed by atoms with Gasteiger partial charge in [-0.05, 0) is 25.3 Å². The molecule has 1 rings (SSSR count). The lowest BCUT2D eigenvalue weighted by molar-refractivity contribution is -0.148. The number of rotatable bonds is 6. The molecule has 1 aromatic heterocycles. The van der Waals surface area contributed by atoms with Crippen molar-refractivity contribution in [3.05, 3.63) is 18.0 Å². The first-order valence-corrected chi connectivity index (χ1v) is 5.80. The van der Waals surface area contributed by atoms with Crippen molar-refractivity contribution < 1.29 is 9.90 Å². The van der Waals surface area contributed by atoms with Crippen molar-refractivity contribution in [3.63, 3.8) is 0 Å². The summed E-state index contributed by atoms with van der Waals surface area (Å²) in [5.41, 5.74) is 0.236. The van der Waals surface area contributed by atoms with Crippen molar-refractivity contribution in [2.75, 3.05) is 11.9 Å². The molecule has 0 atom stereocenters. The van der Waals surface area contributed by atoms with E-state index in [1.54, 1.807) is 12.4 Å². The molecule has 0 radical (unpaired) electrons. The van der Waals surface area contributed by atoms with Crippen molar-refractivity contribution in [3.8, 4) is 0 Å². The molecule has 5 heteroatoms. The zero-order valence-electron chi connectivity index (χ0n) is 10.5. The highest BCUT2D eigenvalue weighted by Crippen LogP contribution is 2.26. The molecule has 0 aliphatic carbocycles. The van der Waals surface area contributed by atoms with E-state index < -0.39 is 11.4 Å². The molecule has 1 heterocycles. The molecule has 0 aliphatic heterocycles. The van der Waals surface area contributed by atoms with E-state index in [0.717, 1.165) is 5.56 Å². The summed E-state index contributed by atoms with van der Waals surface area (Å²) in [6.07, 6.45) is 4.57. The van der Waals surface area contributed by atoms with Gasteiger partial charge in [0.05, 0.1) is 5.41 Å². The standard InChI is InChI=1S/C12H19N3O2/c1-4-12(5-2,10(16)17)8-15-11-13-6-9(3)7-14-11/h6-7H,4-5,8H2,1-3H3,(H,16,17)(H,13,14,15). The maximum absolute atomic E-state index is 11.3. The lowest BCUT2D eigenvalue weighted by atomic mass is 9.82. The van der Waals surface area contributed by atoms with Crippen molar-refractivity contribution in [1.29, 1.82) is 0 Å². The highest BCUT2D eigenvalue weighted by molar-refractivity contribution is 5.75. The molecule has 0 spiro atoms. The van der Waals surface area contributed by atoms with Crippen LogP contribution in [0.2, 0.25) is 0 Å². The molecule has 0 amide bonds. The fourth-order valence-corrected chi connectivity index (χ4v) is 1.61. The Morgan fingerprint density at radius 1 is 1.35 bits per heavy atom. The number of aliphatic carboxylic acids is 1. The summed E-state index contributed by atoms with van der Waals surface area (Å²) in [7, 11) is 0. The third kappa shape index (κ3) is 3.15. The van der Waals surface area contributed by atoms with Gasteiger partial charge in [-0.15, -0.1) is 0 Å². The average molecular weight is 237 g/mol. The van der Waals surface area contributed by atoms with Gasteiger partial charge in [-0.25, -0.2) is 9.97 Å². The Kier molecular flexibility index (Phi) is 4.43. The zero-order chi connectivity index (χ0) is 12.9. The van der Waals surface area contributed by atoms with Gasteiger partial charge in [0.2, 0.25) is 5.95 Å². The Bertz CT molecular complexity index is 372. The van der Waals surface area contributed by atoms with Crippen molar-refractivity contribution >= 4 is 11.9 Å². The van der Waals surface area contributed by atoms with Crippen molar-refractivity contribution in [2.45, 2.75) is 33.6 Å². The number of hydrogen-bond acceptors (Lipinski definition) is 4. The largest absolute Gasteiger partial charge is 0.481 e. The molecule has 0 aliphatic rings. The van der Waals surface area contributed by atoms with Crippen LogP contribution in [-0.2, 0) is 4.79 Å². The summed E-state index contributed by atoms with van der Waals surface area (Å²) in [6.45, 7) is 6.02. The second-order valence-electron chi connectivity index (χ2n) is 4.23. The van der Waals surface area contributed by atoms with Crippen LogP contribution < -0.4 is 5.32 Å². The third-order valence-electron chi connectivity index (χ3n) is 3.17. The first-order chi connectivity index (χ1) is 8.04. The SMILES string of the molecule is CCC(CC)(CNc1ncc(C)cn1)C(=O)O. The minimum absolute atomic E-state index is 0.346. The number of hydrogen-bond donors (Lipinski definition) is 2. The fraction of sp³-hybridized carbons (Fsp3) is 0.583. The van der Waals surface area contributed by atoms with Crippen LogP contribution in [0.3, 0.4) is 0 Å². The van der Waals surface area contributed by atoms with Gasteiger partial charge in [-0.1, -0.05) is 13.8 Å². The molecule has 0 saturated heterocycles. The lowest BCUT2D eigenvalue weighted by Crippen LogP contribution is -2.37. The van der Waals surface area contributed by atoms with Gasteiger partial charge in [0, 0.05) is 18.9 Å². The van der Waals surface area contributed by atoms with Crippen LogP contribution in [0.4, 0.5) is 5.95 Å². The average Bonchev–Trinajstić information content (AvgIpc) is 2.33. The van der Waals surface area contributed by atoms with E-state index in [2.05, 4.69) is 15.3 Å². The number of carbonyl (C=O) groups is 1. The van der Waals surface area contributed by atoms with E-state index in [0.29, 0.717) is 25.3 Å². The third-order valence-corrected chi connectivity index (χ3v) is 3.17. The van der Waals surface area contributed by atoms with E-state index >= 15 is 0 Å². The zero-order valence-corrected chi connectivity index (χ0v) is 10.5. The minimum atomic E-state index is -0.776. The van der Waals surface area contributed by atoms with Gasteiger partial charge in [0.1, 0.15) is 0 Å². The molecule has 0 unspecified atom stereocenters. The molecule has 5 nitrogen and oxygen atoms in total. The topological polar surface area (TPSA) is 75.1 Å². The predicted molar refractivity (Wildman–Crippen MR) is 65.9 cm³/mol. The lowest BCUT2D eigenvalue weighted by Gasteiger charge is -2.26. The van der Waals surface area contributed by atoms with Gasteiger partial charge in [0.15, 0.2) is 0 Å². The Morgan fingerprint density at radius 2 is 1.88 bits per heavy atom. The van der Waals surface area contributed by atoms with Crippen LogP contribution in [-0.4, -0.2) is 27.6 Å². The number of carboxylic acids is 1. The molecule has 0 aromatic carbocycles. The Hall–Kier alpha value is -1.65. The Balaban J connectivity index is 2.70. The van der Waals surface area contributed by atoms with Crippen LogP contribution >= 0.6 is 0 Å². The van der Waals surface area contributed by atoms with Crippen LogP contribution in [0, 0.1) is 12.3 Å². The van der Waals surface area contributed by atoms with E-state index in [1.165, 1.54) is 0 Å². The van der Waals surface area contributed by atoms with Crippen molar-refractivity contribution in [1.82, 2.24) is 9.97 Å². The summed E-state index contributed by atoms with van der Waals surface area (Å²) in [5, 5.41) is 12.3. The van der Waals surface area contributed by atoms with Gasteiger partial charge < -0.3 is 10.4 Å². The van der Waals surface area contributed by atoms with Crippen LogP contribution in [0.1, 0.15) is 32.3 Å². The number of nitrogens with zero attached hydrogens (tertiary/aromatic N) is 2. The highest BCUT2D eigenvalue weighted by atomic mass is 16.4. The molecule has 2 N–H and O–H groups in total. The molecule has 0 fully saturated rings. The molecular formula is C12H19N3O2. The van der Waals surface area contributed by atoms with E-state index in [1.807, 2.05) is 20.8 Å². The predicted octanol–water partition coefficient (Wildman–Crippen LogP) is 2.09. The summed E-state index contributed by atoms with van der Waals surface area (Å²) in [4.78, 5) is 19.5. The van der Waals surface area contributed by atoms with Gasteiger partial charge >= 0.3 is 5.97 Å². The monoisotopic (exact) mass is 237 g/mol. The number of anilines is 1. The molecule has 1 aromatic rings. The number of nitrogens with one attached hydrogen (secondary N) is 1. The van der Waals surface area contributed by atoms with Gasteiger partial charge in [-0.3, -0.25) is 4.79 Å². The van der Waals surface area contributed by atoms with Gasteiger partial charge in [0.25, 0.3) is 0 Å². The van der Waals surface area contributed by atoms with E-state index in [4.69, 9.17) is 0 Å². The Labute approximate surface area is 101 Å². The normalized spacial score (nSPS) is 11.2. The van der Waals surface area contributed by atoms with E-state index in [-0.39, 0.29) is 0 Å². The van der Waals surface area contributed by atoms with Crippen LogP contribution in [0.25, 0.3) is 0 Å². The molecule has 17 heavy (non-hydrogen) atoms. The first-order valence-electron chi connectivity index (χ1n) is 5.80. The van der Waals surface area contributed by atoms with Crippen molar-refractivity contribution in [2.24, 2.45) is 5.41 Å². The Morgan fingerprint density at radius 3 is 2.29 bits per heavy atom. The minimum Gasteiger partial charge on any atom is -0.481 e. The number of carboxylic acid groups (broad SMARTS) is 1. The summed E-state index contributed by atoms with van der Waals surface area (Å²) in [5.74, 6) is -0.301. The molecule has 94 valence electrons.